The molecule has 2 aromatic rings. The van der Waals surface area contributed by atoms with Crippen molar-refractivity contribution in [2.75, 3.05) is 6.54 Å². The van der Waals surface area contributed by atoms with Crippen LogP contribution in [0.25, 0.3) is 0 Å². The SMILES string of the molecule is CC(=O)CN(C(=O)[C@H](CC(C)C)NC(=O)OC(=O)c1ccccc1)C(=O)[C@H](CC(C)C)NC(=O)OC(=O)c1ccccc1. The number of amides is 4. The van der Waals surface area contributed by atoms with Crippen LogP contribution < -0.4 is 10.6 Å². The highest BCUT2D eigenvalue weighted by Gasteiger charge is 2.36. The molecule has 0 aliphatic heterocycles. The zero-order valence-electron chi connectivity index (χ0n) is 24.8. The molecule has 0 spiro atoms. The Balaban J connectivity index is 2.26. The van der Waals surface area contributed by atoms with Crippen molar-refractivity contribution in [2.24, 2.45) is 11.8 Å². The van der Waals surface area contributed by atoms with Gasteiger partial charge in [-0.2, -0.15) is 0 Å². The predicted molar refractivity (Wildman–Crippen MR) is 155 cm³/mol. The monoisotopic (exact) mass is 595 g/mol. The van der Waals surface area contributed by atoms with E-state index in [1.54, 1.807) is 64.1 Å². The summed E-state index contributed by atoms with van der Waals surface area (Å²) in [6.07, 6.45) is -2.37. The lowest BCUT2D eigenvalue weighted by Crippen LogP contribution is -2.57. The number of hydrogen-bond donors (Lipinski definition) is 2. The molecule has 2 rings (SSSR count). The van der Waals surface area contributed by atoms with E-state index in [0.29, 0.717) is 4.90 Å². The average Bonchev–Trinajstić information content (AvgIpc) is 2.94. The fraction of sp³-hybridized carbons (Fsp3) is 0.387. The first kappa shape index (κ1) is 34.3. The molecule has 0 radical (unpaired) electrons. The minimum atomic E-state index is -1.36. The topological polar surface area (TPSA) is 165 Å². The molecule has 0 bridgehead atoms. The highest BCUT2D eigenvalue weighted by Crippen LogP contribution is 2.14. The summed E-state index contributed by atoms with van der Waals surface area (Å²) in [7, 11) is 0. The zero-order valence-corrected chi connectivity index (χ0v) is 24.8. The number of carbonyl (C=O) groups excluding carboxylic acids is 7. The molecule has 0 saturated carbocycles. The first-order chi connectivity index (χ1) is 20.3. The number of alkyl carbamates (subject to hydrolysis) is 2. The quantitative estimate of drug-likeness (QED) is 0.273. The summed E-state index contributed by atoms with van der Waals surface area (Å²) in [4.78, 5) is 90.0. The first-order valence-electron chi connectivity index (χ1n) is 13.8. The third-order valence-electron chi connectivity index (χ3n) is 5.90. The molecule has 0 aromatic heterocycles. The largest absolute Gasteiger partial charge is 0.415 e. The number of benzene rings is 2. The van der Waals surface area contributed by atoms with Gasteiger partial charge in [-0.25, -0.2) is 19.2 Å². The van der Waals surface area contributed by atoms with Gasteiger partial charge in [-0.3, -0.25) is 19.3 Å². The highest BCUT2D eigenvalue weighted by molar-refractivity contribution is 6.05. The number of Topliss-reactive ketones (excluding diaryl/α,β-unsaturated/α-hetero) is 1. The van der Waals surface area contributed by atoms with E-state index >= 15 is 0 Å². The molecule has 0 heterocycles. The van der Waals surface area contributed by atoms with Crippen molar-refractivity contribution in [2.45, 2.75) is 59.5 Å². The van der Waals surface area contributed by atoms with Gasteiger partial charge in [0.25, 0.3) is 11.8 Å². The van der Waals surface area contributed by atoms with Crippen molar-refractivity contribution in [3.05, 3.63) is 71.8 Å². The molecule has 43 heavy (non-hydrogen) atoms. The molecule has 2 atom stereocenters. The smallest absolute Gasteiger partial charge is 0.373 e. The summed E-state index contributed by atoms with van der Waals surface area (Å²) in [5.74, 6) is -4.67. The number of ketones is 1. The predicted octanol–water partition coefficient (Wildman–Crippen LogP) is 3.89. The standard InChI is InChI=1S/C31H37N3O9/c1-19(2)16-24(32-30(40)42-28(38)22-12-8-6-9-13-22)26(36)34(18-21(5)35)27(37)25(17-20(3)4)33-31(41)43-29(39)23-14-10-7-11-15-23/h6-15,19-20,24-25H,16-18H2,1-5H3,(H,32,40)(H,33,41)/t24-,25-/m0/s1. The maximum atomic E-state index is 13.7. The van der Waals surface area contributed by atoms with E-state index in [1.165, 1.54) is 31.2 Å². The van der Waals surface area contributed by atoms with E-state index in [4.69, 9.17) is 9.47 Å². The number of imide groups is 1. The average molecular weight is 596 g/mol. The lowest BCUT2D eigenvalue weighted by Gasteiger charge is -2.30. The van der Waals surface area contributed by atoms with E-state index in [0.717, 1.165) is 0 Å². The number of hydrogen-bond acceptors (Lipinski definition) is 9. The van der Waals surface area contributed by atoms with Crippen LogP contribution >= 0.6 is 0 Å². The number of nitrogens with one attached hydrogen (secondary N) is 2. The van der Waals surface area contributed by atoms with Crippen molar-refractivity contribution in [1.29, 1.82) is 0 Å². The Labute approximate surface area is 250 Å². The Kier molecular flexibility index (Phi) is 13.2. The second-order valence-electron chi connectivity index (χ2n) is 10.7. The number of esters is 2. The van der Waals surface area contributed by atoms with Crippen LogP contribution in [0.5, 0.6) is 0 Å². The molecular formula is C31H37N3O9. The van der Waals surface area contributed by atoms with Crippen LogP contribution in [0.15, 0.2) is 60.7 Å². The molecule has 230 valence electrons. The van der Waals surface area contributed by atoms with Crippen LogP contribution in [-0.2, 0) is 23.9 Å². The molecule has 0 fully saturated rings. The molecule has 0 saturated heterocycles. The van der Waals surface area contributed by atoms with Crippen LogP contribution in [0.2, 0.25) is 0 Å². The summed E-state index contributed by atoms with van der Waals surface area (Å²) < 4.78 is 9.66. The summed E-state index contributed by atoms with van der Waals surface area (Å²) >= 11 is 0. The summed E-state index contributed by atoms with van der Waals surface area (Å²) in [6.45, 7) is 7.58. The highest BCUT2D eigenvalue weighted by atomic mass is 16.6. The molecule has 12 heteroatoms. The van der Waals surface area contributed by atoms with Gasteiger partial charge in [0, 0.05) is 0 Å². The van der Waals surface area contributed by atoms with Crippen molar-refractivity contribution < 1.29 is 43.0 Å². The Hall–Kier alpha value is -4.87. The molecule has 0 unspecified atom stereocenters. The van der Waals surface area contributed by atoms with Gasteiger partial charge >= 0.3 is 24.1 Å². The second-order valence-corrected chi connectivity index (χ2v) is 10.7. The maximum absolute atomic E-state index is 13.7. The van der Waals surface area contributed by atoms with Gasteiger partial charge in [-0.1, -0.05) is 64.1 Å². The van der Waals surface area contributed by atoms with Gasteiger partial charge in [-0.05, 0) is 55.9 Å². The lowest BCUT2D eigenvalue weighted by molar-refractivity contribution is -0.150. The fourth-order valence-electron chi connectivity index (χ4n) is 4.03. The van der Waals surface area contributed by atoms with E-state index in [2.05, 4.69) is 10.6 Å². The van der Waals surface area contributed by atoms with Crippen LogP contribution in [0.1, 0.15) is 68.2 Å². The van der Waals surface area contributed by atoms with Crippen molar-refractivity contribution in [3.8, 4) is 0 Å². The van der Waals surface area contributed by atoms with Crippen molar-refractivity contribution in [1.82, 2.24) is 15.5 Å². The summed E-state index contributed by atoms with van der Waals surface area (Å²) in [6, 6.07) is 12.8. The van der Waals surface area contributed by atoms with E-state index in [-0.39, 0.29) is 35.8 Å². The van der Waals surface area contributed by atoms with E-state index < -0.39 is 60.4 Å². The summed E-state index contributed by atoms with van der Waals surface area (Å²) in [5.41, 5.74) is 0.219. The third-order valence-corrected chi connectivity index (χ3v) is 5.90. The number of carbonyl (C=O) groups is 7. The van der Waals surface area contributed by atoms with Gasteiger partial charge in [0.1, 0.15) is 17.9 Å². The number of nitrogens with zero attached hydrogens (tertiary/aromatic N) is 1. The normalized spacial score (nSPS) is 12.1. The maximum Gasteiger partial charge on any atom is 0.415 e. The van der Waals surface area contributed by atoms with Crippen LogP contribution in [-0.4, -0.2) is 65.3 Å². The van der Waals surface area contributed by atoms with Gasteiger partial charge in [0.05, 0.1) is 17.7 Å². The van der Waals surface area contributed by atoms with Crippen LogP contribution in [0, 0.1) is 11.8 Å². The molecule has 2 N–H and O–H groups in total. The number of rotatable bonds is 12. The van der Waals surface area contributed by atoms with E-state index in [9.17, 15) is 33.6 Å². The molecule has 0 aliphatic rings. The summed E-state index contributed by atoms with van der Waals surface area (Å²) in [5, 5.41) is 4.66. The first-order valence-corrected chi connectivity index (χ1v) is 13.8. The van der Waals surface area contributed by atoms with Gasteiger partial charge in [0.2, 0.25) is 0 Å². The Morgan fingerprint density at radius 2 is 0.977 bits per heavy atom. The van der Waals surface area contributed by atoms with Gasteiger partial charge < -0.3 is 20.1 Å². The van der Waals surface area contributed by atoms with Crippen molar-refractivity contribution >= 4 is 41.7 Å². The molecule has 4 amide bonds. The fourth-order valence-corrected chi connectivity index (χ4v) is 4.03. The Morgan fingerprint density at radius 3 is 1.28 bits per heavy atom. The van der Waals surface area contributed by atoms with Crippen molar-refractivity contribution in [3.63, 3.8) is 0 Å². The minimum Gasteiger partial charge on any atom is -0.373 e. The van der Waals surface area contributed by atoms with Gasteiger partial charge in [-0.15, -0.1) is 0 Å². The Bertz CT molecular complexity index is 1220. The minimum absolute atomic E-state index is 0.0328. The van der Waals surface area contributed by atoms with Crippen LogP contribution in [0.3, 0.4) is 0 Å². The second kappa shape index (κ2) is 16.5. The van der Waals surface area contributed by atoms with Crippen LogP contribution in [0.4, 0.5) is 9.59 Å². The molecule has 2 aromatic carbocycles. The number of ether oxygens (including phenoxy) is 2. The molecular weight excluding hydrogens is 558 g/mol. The van der Waals surface area contributed by atoms with E-state index in [1.807, 2.05) is 0 Å². The molecule has 12 nitrogen and oxygen atoms in total. The lowest BCUT2D eigenvalue weighted by atomic mass is 10.00. The zero-order chi connectivity index (χ0) is 32.1. The Morgan fingerprint density at radius 1 is 0.628 bits per heavy atom. The molecule has 0 aliphatic carbocycles. The van der Waals surface area contributed by atoms with Gasteiger partial charge in [0.15, 0.2) is 0 Å². The third kappa shape index (κ3) is 11.5.